The Labute approximate surface area is 179 Å². The lowest BCUT2D eigenvalue weighted by atomic mass is 9.49. The number of nitrogens with zero attached hydrogens (tertiary/aromatic N) is 2. The monoisotopic (exact) mass is 415 g/mol. The van der Waals surface area contributed by atoms with Gasteiger partial charge in [-0.15, -0.1) is 0 Å². The molecule has 0 amide bonds. The van der Waals surface area contributed by atoms with Crippen molar-refractivity contribution >= 4 is 11.5 Å². The van der Waals surface area contributed by atoms with Crippen LogP contribution in [-0.2, 0) is 9.63 Å². The molecule has 6 nitrogen and oxygen atoms in total. The Hall–Kier alpha value is -1.30. The van der Waals surface area contributed by atoms with Gasteiger partial charge in [0.1, 0.15) is 11.9 Å². The van der Waals surface area contributed by atoms with Crippen molar-refractivity contribution in [2.24, 2.45) is 44.8 Å². The molecule has 1 heterocycles. The zero-order chi connectivity index (χ0) is 20.9. The molecule has 4 saturated carbocycles. The highest BCUT2D eigenvalue weighted by Gasteiger charge is 2.61. The van der Waals surface area contributed by atoms with E-state index in [1.54, 1.807) is 0 Å². The first-order valence-electron chi connectivity index (χ1n) is 12.2. The Bertz CT molecular complexity index is 733. The predicted molar refractivity (Wildman–Crippen MR) is 116 cm³/mol. The maximum atomic E-state index is 12.7. The lowest BCUT2D eigenvalue weighted by molar-refractivity contribution is -0.132. The van der Waals surface area contributed by atoms with Gasteiger partial charge >= 0.3 is 0 Å². The van der Waals surface area contributed by atoms with E-state index in [4.69, 9.17) is 4.84 Å². The molecule has 30 heavy (non-hydrogen) atoms. The fraction of sp³-hybridized carbons (Fsp3) is 0.917. The van der Waals surface area contributed by atoms with Gasteiger partial charge in [0, 0.05) is 24.8 Å². The van der Waals surface area contributed by atoms with E-state index in [0.717, 1.165) is 70.9 Å². The maximum Gasteiger partial charge on any atom is 0.141 e. The van der Waals surface area contributed by atoms with Crippen molar-refractivity contribution in [3.05, 3.63) is 4.91 Å². The SMILES string of the molecule is C[C@]12CC/C(=N/O[C@@H]3CCNC3)CC1CCC(N=O)[C@@H]1[C@@H]2CC[C@]2(C)C(=O)CC[C@@H]12. The molecule has 0 aromatic rings. The van der Waals surface area contributed by atoms with Crippen LogP contribution in [0.3, 0.4) is 0 Å². The van der Waals surface area contributed by atoms with Crippen LogP contribution in [0.2, 0.25) is 0 Å². The number of ketones is 1. The molecule has 5 rings (SSSR count). The molecule has 0 radical (unpaired) electrons. The van der Waals surface area contributed by atoms with Gasteiger partial charge in [0.15, 0.2) is 0 Å². The van der Waals surface area contributed by atoms with Crippen molar-refractivity contribution in [2.45, 2.75) is 90.2 Å². The number of fused-ring (bicyclic) bond motifs is 5. The Morgan fingerprint density at radius 2 is 1.90 bits per heavy atom. The summed E-state index contributed by atoms with van der Waals surface area (Å²) in [5.74, 6) is 2.09. The standard InChI is InChI=1S/C24H37N3O3/c1-23-10-7-16(27-30-17-9-12-25-14-17)13-15(23)3-5-20(26-29)22-18-4-6-21(28)24(18,2)11-8-19(22)23/h15,17-20,22,25H,3-14H2,1-2H3/b27-16-/t15?,17-,18+,19+,20?,22+,23+,24+/m1/s1. The van der Waals surface area contributed by atoms with Crippen LogP contribution >= 0.6 is 0 Å². The minimum Gasteiger partial charge on any atom is -0.391 e. The lowest BCUT2D eigenvalue weighted by Crippen LogP contribution is -2.51. The molecule has 0 bridgehead atoms. The second kappa shape index (κ2) is 7.68. The third-order valence-corrected chi connectivity index (χ3v) is 9.99. The van der Waals surface area contributed by atoms with Crippen molar-refractivity contribution in [1.82, 2.24) is 5.32 Å². The molecule has 5 aliphatic rings. The van der Waals surface area contributed by atoms with Gasteiger partial charge in [-0.2, -0.15) is 4.91 Å². The van der Waals surface area contributed by atoms with E-state index in [1.165, 1.54) is 5.71 Å². The summed E-state index contributed by atoms with van der Waals surface area (Å²) in [5, 5.41) is 11.6. The second-order valence-electron chi connectivity index (χ2n) is 11.2. The van der Waals surface area contributed by atoms with Crippen LogP contribution in [0.4, 0.5) is 0 Å². The Kier molecular flexibility index (Phi) is 5.27. The fourth-order valence-electron chi connectivity index (χ4n) is 8.07. The second-order valence-corrected chi connectivity index (χ2v) is 11.2. The lowest BCUT2D eigenvalue weighted by Gasteiger charge is -2.54. The number of nitroso groups, excluding NO2 is 1. The third-order valence-electron chi connectivity index (χ3n) is 9.99. The number of hydrogen-bond acceptors (Lipinski definition) is 6. The van der Waals surface area contributed by atoms with Gasteiger partial charge < -0.3 is 10.2 Å². The molecule has 8 atom stereocenters. The molecule has 1 saturated heterocycles. The van der Waals surface area contributed by atoms with Gasteiger partial charge in [-0.25, -0.2) is 0 Å². The summed E-state index contributed by atoms with van der Waals surface area (Å²) in [6.07, 6.45) is 9.98. The largest absolute Gasteiger partial charge is 0.391 e. The maximum absolute atomic E-state index is 12.7. The average molecular weight is 416 g/mol. The number of nitrogens with one attached hydrogen (secondary N) is 1. The van der Waals surface area contributed by atoms with Crippen LogP contribution in [0.1, 0.15) is 78.1 Å². The van der Waals surface area contributed by atoms with E-state index in [9.17, 15) is 9.70 Å². The van der Waals surface area contributed by atoms with Gasteiger partial charge in [0.2, 0.25) is 0 Å². The highest BCUT2D eigenvalue weighted by atomic mass is 16.6. The molecule has 5 fully saturated rings. The summed E-state index contributed by atoms with van der Waals surface area (Å²) in [5.41, 5.74) is 1.20. The molecule has 6 heteroatoms. The summed E-state index contributed by atoms with van der Waals surface area (Å²) in [7, 11) is 0. The third kappa shape index (κ3) is 3.16. The number of hydrogen-bond donors (Lipinski definition) is 1. The highest BCUT2D eigenvalue weighted by Crippen LogP contribution is 2.64. The highest BCUT2D eigenvalue weighted by molar-refractivity contribution is 5.87. The number of Topliss-reactive ketones (excluding diaryl/α,β-unsaturated/α-hetero) is 1. The Morgan fingerprint density at radius 3 is 2.67 bits per heavy atom. The van der Waals surface area contributed by atoms with E-state index in [1.807, 2.05) is 0 Å². The molecule has 0 aromatic heterocycles. The van der Waals surface area contributed by atoms with E-state index in [2.05, 4.69) is 29.5 Å². The number of carbonyl (C=O) groups is 1. The van der Waals surface area contributed by atoms with Gasteiger partial charge in [-0.3, -0.25) is 4.79 Å². The van der Waals surface area contributed by atoms with Crippen LogP contribution in [0.5, 0.6) is 0 Å². The summed E-state index contributed by atoms with van der Waals surface area (Å²) < 4.78 is 0. The summed E-state index contributed by atoms with van der Waals surface area (Å²) in [6.45, 7) is 6.56. The van der Waals surface area contributed by atoms with E-state index < -0.39 is 0 Å². The number of oxime groups is 1. The fourth-order valence-corrected chi connectivity index (χ4v) is 8.07. The topological polar surface area (TPSA) is 80.1 Å². The summed E-state index contributed by atoms with van der Waals surface area (Å²) >= 11 is 0. The van der Waals surface area contributed by atoms with Crippen LogP contribution in [0.25, 0.3) is 0 Å². The first-order valence-corrected chi connectivity index (χ1v) is 12.2. The summed E-state index contributed by atoms with van der Waals surface area (Å²) in [6, 6.07) is -0.130. The Morgan fingerprint density at radius 1 is 1.03 bits per heavy atom. The van der Waals surface area contributed by atoms with Crippen molar-refractivity contribution in [2.75, 3.05) is 13.1 Å². The molecule has 2 unspecified atom stereocenters. The molecule has 4 aliphatic carbocycles. The smallest absolute Gasteiger partial charge is 0.141 e. The van der Waals surface area contributed by atoms with Gasteiger partial charge in [-0.05, 0) is 87.0 Å². The van der Waals surface area contributed by atoms with Crippen molar-refractivity contribution in [1.29, 1.82) is 0 Å². The van der Waals surface area contributed by atoms with Gasteiger partial charge in [0.25, 0.3) is 0 Å². The molecular weight excluding hydrogens is 378 g/mol. The molecule has 1 N–H and O–H groups in total. The zero-order valence-electron chi connectivity index (χ0n) is 18.6. The average Bonchev–Trinajstić information content (AvgIpc) is 3.34. The first kappa shape index (κ1) is 20.6. The minimum atomic E-state index is -0.218. The van der Waals surface area contributed by atoms with Crippen LogP contribution in [0, 0.1) is 39.4 Å². The molecule has 0 aromatic carbocycles. The summed E-state index contributed by atoms with van der Waals surface area (Å²) in [4.78, 5) is 30.5. The Balaban J connectivity index is 1.39. The number of rotatable bonds is 3. The van der Waals surface area contributed by atoms with Crippen molar-refractivity contribution in [3.8, 4) is 0 Å². The van der Waals surface area contributed by atoms with Crippen LogP contribution in [0.15, 0.2) is 10.3 Å². The number of carbonyl (C=O) groups excluding carboxylic acids is 1. The van der Waals surface area contributed by atoms with Crippen LogP contribution < -0.4 is 5.32 Å². The van der Waals surface area contributed by atoms with Gasteiger partial charge in [0.05, 0.1) is 11.8 Å². The van der Waals surface area contributed by atoms with E-state index >= 15 is 0 Å². The molecule has 0 spiro atoms. The first-order chi connectivity index (χ1) is 14.5. The normalized spacial score (nSPS) is 49.8. The van der Waals surface area contributed by atoms with Gasteiger partial charge in [-0.1, -0.05) is 24.2 Å². The van der Waals surface area contributed by atoms with Crippen molar-refractivity contribution < 1.29 is 9.63 Å². The molecule has 166 valence electrons. The zero-order valence-corrected chi connectivity index (χ0v) is 18.6. The van der Waals surface area contributed by atoms with E-state index in [0.29, 0.717) is 30.0 Å². The molecular formula is C24H37N3O3. The quantitative estimate of drug-likeness (QED) is 0.545. The van der Waals surface area contributed by atoms with Crippen molar-refractivity contribution in [3.63, 3.8) is 0 Å². The molecule has 1 aliphatic heterocycles. The van der Waals surface area contributed by atoms with Crippen LogP contribution in [-0.4, -0.2) is 36.7 Å². The minimum absolute atomic E-state index is 0.130. The predicted octanol–water partition coefficient (Wildman–Crippen LogP) is 4.47. The van der Waals surface area contributed by atoms with E-state index in [-0.39, 0.29) is 28.9 Å².